The van der Waals surface area contributed by atoms with Gasteiger partial charge in [0.05, 0.1) is 5.52 Å². The molecule has 1 heterocycles. The highest BCUT2D eigenvalue weighted by Gasteiger charge is 2.06. The van der Waals surface area contributed by atoms with E-state index in [1.807, 2.05) is 24.3 Å². The number of carbonyl (C=O) groups excluding carboxylic acids is 1. The minimum atomic E-state index is -0.158. The number of anilines is 1. The fourth-order valence-electron chi connectivity index (χ4n) is 1.82. The second kappa shape index (κ2) is 4.70. The van der Waals surface area contributed by atoms with Crippen molar-refractivity contribution in [2.24, 2.45) is 0 Å². The molecule has 0 spiro atoms. The molecule has 2 aromatic carbocycles. The quantitative estimate of drug-likeness (QED) is 0.697. The Morgan fingerprint density at radius 3 is 2.74 bits per heavy atom. The van der Waals surface area contributed by atoms with E-state index in [0.717, 1.165) is 5.52 Å². The van der Waals surface area contributed by atoms with Crippen LogP contribution in [0.2, 0.25) is 0 Å². The molecule has 19 heavy (non-hydrogen) atoms. The first-order valence-corrected chi connectivity index (χ1v) is 6.12. The largest absolute Gasteiger partial charge is 0.429 e. The van der Waals surface area contributed by atoms with E-state index in [1.165, 1.54) is 0 Å². The summed E-state index contributed by atoms with van der Waals surface area (Å²) in [6.07, 6.45) is 0. The highest BCUT2D eigenvalue weighted by Crippen LogP contribution is 2.19. The molecule has 1 aromatic heterocycles. The van der Waals surface area contributed by atoms with E-state index in [-0.39, 0.29) is 5.91 Å². The van der Waals surface area contributed by atoms with Crippen LogP contribution in [0.1, 0.15) is 10.4 Å². The molecule has 1 amide bonds. The predicted molar refractivity (Wildman–Crippen MR) is 75.8 cm³/mol. The Hall–Kier alpha value is -2.40. The van der Waals surface area contributed by atoms with Crippen molar-refractivity contribution in [3.63, 3.8) is 0 Å². The van der Waals surface area contributed by atoms with Gasteiger partial charge >= 0.3 is 0 Å². The summed E-state index contributed by atoms with van der Waals surface area (Å²) in [5.41, 5.74) is 2.70. The first-order valence-electron chi connectivity index (χ1n) is 5.72. The van der Waals surface area contributed by atoms with Crippen LogP contribution in [0.5, 0.6) is 0 Å². The monoisotopic (exact) mass is 270 g/mol. The van der Waals surface area contributed by atoms with Gasteiger partial charge in [-0.1, -0.05) is 18.2 Å². The summed E-state index contributed by atoms with van der Waals surface area (Å²) in [4.78, 5) is 15.2. The van der Waals surface area contributed by atoms with Crippen molar-refractivity contribution < 1.29 is 9.21 Å². The lowest BCUT2D eigenvalue weighted by atomic mass is 10.2. The van der Waals surface area contributed by atoms with Crippen molar-refractivity contribution in [1.29, 1.82) is 0 Å². The SMILES string of the molecule is O=C(Nc1ccc2[nH]c(=S)oc2c1)c1ccccc1. The third-order valence-electron chi connectivity index (χ3n) is 2.71. The molecule has 0 bridgehead atoms. The van der Waals surface area contributed by atoms with Gasteiger partial charge in [0.15, 0.2) is 5.58 Å². The molecule has 0 aliphatic heterocycles. The van der Waals surface area contributed by atoms with Gasteiger partial charge in [-0.3, -0.25) is 4.79 Å². The second-order valence-corrected chi connectivity index (χ2v) is 4.42. The molecule has 3 rings (SSSR count). The van der Waals surface area contributed by atoms with Crippen LogP contribution in [-0.4, -0.2) is 10.9 Å². The van der Waals surface area contributed by atoms with Gasteiger partial charge in [-0.25, -0.2) is 0 Å². The number of fused-ring (bicyclic) bond motifs is 1. The number of rotatable bonds is 2. The van der Waals surface area contributed by atoms with E-state index in [4.69, 9.17) is 16.6 Å². The Morgan fingerprint density at radius 2 is 1.95 bits per heavy atom. The van der Waals surface area contributed by atoms with Crippen LogP contribution in [0.25, 0.3) is 11.1 Å². The lowest BCUT2D eigenvalue weighted by molar-refractivity contribution is 0.102. The smallest absolute Gasteiger partial charge is 0.266 e. The summed E-state index contributed by atoms with van der Waals surface area (Å²) < 4.78 is 5.30. The zero-order chi connectivity index (χ0) is 13.2. The Kier molecular flexibility index (Phi) is 2.89. The van der Waals surface area contributed by atoms with Crippen LogP contribution in [0, 0.1) is 4.84 Å². The fraction of sp³-hybridized carbons (Fsp3) is 0. The zero-order valence-electron chi connectivity index (χ0n) is 9.84. The van der Waals surface area contributed by atoms with E-state index in [1.54, 1.807) is 24.3 Å². The van der Waals surface area contributed by atoms with Crippen LogP contribution >= 0.6 is 12.2 Å². The molecule has 94 valence electrons. The third-order valence-corrected chi connectivity index (χ3v) is 2.90. The summed E-state index contributed by atoms with van der Waals surface area (Å²) >= 11 is 4.91. The van der Waals surface area contributed by atoms with Crippen LogP contribution in [-0.2, 0) is 0 Å². The third kappa shape index (κ3) is 2.41. The van der Waals surface area contributed by atoms with E-state index in [2.05, 4.69) is 10.3 Å². The van der Waals surface area contributed by atoms with Crippen molar-refractivity contribution in [3.05, 3.63) is 58.9 Å². The topological polar surface area (TPSA) is 58.0 Å². The molecule has 0 fully saturated rings. The lowest BCUT2D eigenvalue weighted by Gasteiger charge is -2.04. The van der Waals surface area contributed by atoms with Gasteiger partial charge in [-0.05, 0) is 36.5 Å². The summed E-state index contributed by atoms with van der Waals surface area (Å²) in [6, 6.07) is 14.4. The molecule has 0 saturated heterocycles. The predicted octanol–water partition coefficient (Wildman–Crippen LogP) is 3.74. The van der Waals surface area contributed by atoms with Gasteiger partial charge in [0.25, 0.3) is 10.7 Å². The van der Waals surface area contributed by atoms with Crippen molar-refractivity contribution in [2.75, 3.05) is 5.32 Å². The summed E-state index contributed by atoms with van der Waals surface area (Å²) in [5, 5.41) is 2.81. The van der Waals surface area contributed by atoms with Gasteiger partial charge in [-0.2, -0.15) is 0 Å². The van der Waals surface area contributed by atoms with E-state index >= 15 is 0 Å². The number of hydrogen-bond acceptors (Lipinski definition) is 3. The van der Waals surface area contributed by atoms with Gasteiger partial charge in [0.2, 0.25) is 0 Å². The Labute approximate surface area is 114 Å². The van der Waals surface area contributed by atoms with Gasteiger partial charge in [0, 0.05) is 17.3 Å². The van der Waals surface area contributed by atoms with Crippen molar-refractivity contribution in [2.45, 2.75) is 0 Å². The fourth-order valence-corrected chi connectivity index (χ4v) is 2.02. The Morgan fingerprint density at radius 1 is 1.16 bits per heavy atom. The van der Waals surface area contributed by atoms with Gasteiger partial charge in [0.1, 0.15) is 0 Å². The standard InChI is InChI=1S/C14H10N2O2S/c17-13(9-4-2-1-3-5-9)15-10-6-7-11-12(8-10)18-14(19)16-11/h1-8H,(H,15,17)(H,16,19). The molecule has 5 heteroatoms. The number of amides is 1. The highest BCUT2D eigenvalue weighted by atomic mass is 32.1. The van der Waals surface area contributed by atoms with Gasteiger partial charge < -0.3 is 14.7 Å². The molecule has 0 aliphatic rings. The summed E-state index contributed by atoms with van der Waals surface area (Å²) in [6.45, 7) is 0. The number of aromatic nitrogens is 1. The van der Waals surface area contributed by atoms with E-state index < -0.39 is 0 Å². The number of hydrogen-bond donors (Lipinski definition) is 2. The zero-order valence-corrected chi connectivity index (χ0v) is 10.7. The maximum Gasteiger partial charge on any atom is 0.266 e. The van der Waals surface area contributed by atoms with Crippen molar-refractivity contribution in [3.8, 4) is 0 Å². The average Bonchev–Trinajstić information content (AvgIpc) is 2.79. The average molecular weight is 270 g/mol. The highest BCUT2D eigenvalue weighted by molar-refractivity contribution is 7.71. The molecule has 0 saturated carbocycles. The Balaban J connectivity index is 1.89. The maximum atomic E-state index is 12.0. The number of aromatic amines is 1. The number of benzene rings is 2. The molecule has 2 N–H and O–H groups in total. The number of oxazole rings is 1. The molecule has 0 radical (unpaired) electrons. The first-order chi connectivity index (χ1) is 9.22. The number of H-pyrrole nitrogens is 1. The van der Waals surface area contributed by atoms with E-state index in [0.29, 0.717) is 21.7 Å². The Bertz CT molecular complexity index is 790. The van der Waals surface area contributed by atoms with Crippen LogP contribution < -0.4 is 5.32 Å². The number of nitrogens with one attached hydrogen (secondary N) is 2. The molecule has 0 unspecified atom stereocenters. The number of carbonyl (C=O) groups is 1. The second-order valence-electron chi connectivity index (χ2n) is 4.05. The minimum absolute atomic E-state index is 0.158. The van der Waals surface area contributed by atoms with Crippen LogP contribution in [0.3, 0.4) is 0 Å². The van der Waals surface area contributed by atoms with Crippen molar-refractivity contribution >= 4 is 34.9 Å². The minimum Gasteiger partial charge on any atom is -0.429 e. The first kappa shape index (κ1) is 11.7. The molecule has 0 atom stereocenters. The molecule has 0 aliphatic carbocycles. The summed E-state index contributed by atoms with van der Waals surface area (Å²) in [7, 11) is 0. The lowest BCUT2D eigenvalue weighted by Crippen LogP contribution is -2.11. The molecular formula is C14H10N2O2S. The maximum absolute atomic E-state index is 12.0. The van der Waals surface area contributed by atoms with Crippen molar-refractivity contribution in [1.82, 2.24) is 4.98 Å². The molecule has 4 nitrogen and oxygen atoms in total. The molecular weight excluding hydrogens is 260 g/mol. The normalized spacial score (nSPS) is 10.5. The van der Waals surface area contributed by atoms with E-state index in [9.17, 15) is 4.79 Å². The van der Waals surface area contributed by atoms with Gasteiger partial charge in [-0.15, -0.1) is 0 Å². The molecule has 3 aromatic rings. The van der Waals surface area contributed by atoms with Crippen LogP contribution in [0.15, 0.2) is 52.9 Å². The summed E-state index contributed by atoms with van der Waals surface area (Å²) in [5.74, 6) is -0.158. The van der Waals surface area contributed by atoms with Crippen LogP contribution in [0.4, 0.5) is 5.69 Å².